The van der Waals surface area contributed by atoms with Gasteiger partial charge in [0, 0.05) is 18.8 Å². The van der Waals surface area contributed by atoms with Gasteiger partial charge in [0.15, 0.2) is 0 Å². The molecule has 0 aliphatic carbocycles. The van der Waals surface area contributed by atoms with E-state index < -0.39 is 5.60 Å². The lowest BCUT2D eigenvalue weighted by molar-refractivity contribution is -0.167. The van der Waals surface area contributed by atoms with Crippen molar-refractivity contribution in [3.63, 3.8) is 0 Å². The van der Waals surface area contributed by atoms with E-state index in [1.165, 1.54) is 0 Å². The van der Waals surface area contributed by atoms with Crippen LogP contribution in [0.4, 0.5) is 0 Å². The van der Waals surface area contributed by atoms with Crippen molar-refractivity contribution in [2.75, 3.05) is 6.54 Å². The quantitative estimate of drug-likeness (QED) is 0.767. The minimum atomic E-state index is -0.746. The highest BCUT2D eigenvalue weighted by Crippen LogP contribution is 2.37. The fourth-order valence-corrected chi connectivity index (χ4v) is 2.84. The molecule has 0 bridgehead atoms. The maximum absolute atomic E-state index is 12.1. The van der Waals surface area contributed by atoms with Crippen molar-refractivity contribution in [3.8, 4) is 0 Å². The Kier molecular flexibility index (Phi) is 7.96. The number of benzene rings is 2. The van der Waals surface area contributed by atoms with Crippen molar-refractivity contribution in [1.82, 2.24) is 0 Å². The molecule has 0 radical (unpaired) electrons. The van der Waals surface area contributed by atoms with Crippen molar-refractivity contribution in [2.24, 2.45) is 11.7 Å². The smallest absolute Gasteiger partial charge is 0.306 e. The number of carbonyl (C=O) groups is 1. The third-order valence-electron chi connectivity index (χ3n) is 4.31. The molecule has 4 heteroatoms. The summed E-state index contributed by atoms with van der Waals surface area (Å²) in [4.78, 5) is 12.1. The van der Waals surface area contributed by atoms with Gasteiger partial charge in [-0.05, 0) is 17.7 Å². The number of carbonyl (C=O) groups excluding carboxylic acids is 1. The number of rotatable bonds is 7. The molecule has 0 aliphatic rings. The average molecular weight is 348 g/mol. The normalized spacial score (nSPS) is 14.1. The van der Waals surface area contributed by atoms with E-state index in [1.54, 1.807) is 0 Å². The molecule has 3 nitrogen and oxygen atoms in total. The Morgan fingerprint density at radius 3 is 2.12 bits per heavy atom. The Morgan fingerprint density at radius 1 is 1.08 bits per heavy atom. The molecule has 2 aromatic rings. The molecule has 24 heavy (non-hydrogen) atoms. The van der Waals surface area contributed by atoms with Crippen molar-refractivity contribution >= 4 is 18.4 Å². The van der Waals surface area contributed by atoms with E-state index >= 15 is 0 Å². The molecular formula is C20H26ClNO2. The number of ether oxygens (including phenoxy) is 1. The second-order valence-corrected chi connectivity index (χ2v) is 5.88. The summed E-state index contributed by atoms with van der Waals surface area (Å²) in [5.74, 6) is -0.203. The predicted molar refractivity (Wildman–Crippen MR) is 100 cm³/mol. The Morgan fingerprint density at radius 2 is 1.62 bits per heavy atom. The first kappa shape index (κ1) is 20.2. The molecule has 2 aromatic carbocycles. The zero-order valence-electron chi connectivity index (χ0n) is 14.3. The van der Waals surface area contributed by atoms with E-state index in [4.69, 9.17) is 10.5 Å². The minimum absolute atomic E-state index is 0. The Labute approximate surface area is 150 Å². The van der Waals surface area contributed by atoms with Crippen LogP contribution in [-0.2, 0) is 21.6 Å². The van der Waals surface area contributed by atoms with Crippen LogP contribution < -0.4 is 5.73 Å². The Hall–Kier alpha value is -1.84. The molecule has 2 rings (SSSR count). The predicted octanol–water partition coefficient (Wildman–Crippen LogP) is 4.09. The molecule has 0 spiro atoms. The topological polar surface area (TPSA) is 52.3 Å². The Bertz CT molecular complexity index is 618. The van der Waals surface area contributed by atoms with Crippen LogP contribution in [0.1, 0.15) is 31.4 Å². The number of esters is 1. The zero-order valence-corrected chi connectivity index (χ0v) is 15.1. The largest absolute Gasteiger partial charge is 0.453 e. The Balaban J connectivity index is 0.00000288. The van der Waals surface area contributed by atoms with E-state index in [1.807, 2.05) is 62.4 Å². The molecule has 0 aromatic heterocycles. The summed E-state index contributed by atoms with van der Waals surface area (Å²) in [5.41, 5.74) is 7.34. The van der Waals surface area contributed by atoms with E-state index in [9.17, 15) is 4.79 Å². The monoisotopic (exact) mass is 347 g/mol. The molecule has 2 atom stereocenters. The molecule has 0 fully saturated rings. The summed E-state index contributed by atoms with van der Waals surface area (Å²) < 4.78 is 6.01. The molecule has 0 amide bonds. The highest BCUT2D eigenvalue weighted by molar-refractivity contribution is 5.85. The second-order valence-electron chi connectivity index (χ2n) is 5.88. The molecule has 2 N–H and O–H groups in total. The van der Waals surface area contributed by atoms with Crippen LogP contribution in [0.2, 0.25) is 0 Å². The SMILES string of the molecule is CCC(=O)OC(Cc1ccccc1)(c1ccccc1)C(C)CN.Cl. The van der Waals surface area contributed by atoms with Crippen molar-refractivity contribution < 1.29 is 9.53 Å². The lowest BCUT2D eigenvalue weighted by atomic mass is 9.77. The molecule has 0 aliphatic heterocycles. The zero-order chi connectivity index (χ0) is 16.7. The highest BCUT2D eigenvalue weighted by atomic mass is 35.5. The van der Waals surface area contributed by atoms with E-state index in [0.29, 0.717) is 19.4 Å². The highest BCUT2D eigenvalue weighted by Gasteiger charge is 2.41. The first-order chi connectivity index (χ1) is 11.1. The average Bonchev–Trinajstić information content (AvgIpc) is 2.61. The number of halogens is 1. The van der Waals surface area contributed by atoms with Gasteiger partial charge in [-0.3, -0.25) is 4.79 Å². The maximum atomic E-state index is 12.1. The van der Waals surface area contributed by atoms with Gasteiger partial charge < -0.3 is 10.5 Å². The van der Waals surface area contributed by atoms with Gasteiger partial charge in [0.2, 0.25) is 0 Å². The summed E-state index contributed by atoms with van der Waals surface area (Å²) in [6.45, 7) is 4.30. The molecule has 0 saturated carbocycles. The lowest BCUT2D eigenvalue weighted by Crippen LogP contribution is -2.44. The van der Waals surface area contributed by atoms with Gasteiger partial charge in [0.1, 0.15) is 5.60 Å². The molecule has 0 saturated heterocycles. The van der Waals surface area contributed by atoms with Crippen LogP contribution in [0.15, 0.2) is 60.7 Å². The first-order valence-electron chi connectivity index (χ1n) is 8.13. The van der Waals surface area contributed by atoms with Crippen LogP contribution >= 0.6 is 12.4 Å². The van der Waals surface area contributed by atoms with E-state index in [0.717, 1.165) is 11.1 Å². The van der Waals surface area contributed by atoms with Gasteiger partial charge in [0.25, 0.3) is 0 Å². The van der Waals surface area contributed by atoms with Gasteiger partial charge in [-0.15, -0.1) is 12.4 Å². The third-order valence-corrected chi connectivity index (χ3v) is 4.31. The number of hydrogen-bond donors (Lipinski definition) is 1. The minimum Gasteiger partial charge on any atom is -0.453 e. The molecule has 0 heterocycles. The van der Waals surface area contributed by atoms with Crippen LogP contribution in [0, 0.1) is 5.92 Å². The van der Waals surface area contributed by atoms with Gasteiger partial charge >= 0.3 is 5.97 Å². The summed E-state index contributed by atoms with van der Waals surface area (Å²) in [7, 11) is 0. The first-order valence-corrected chi connectivity index (χ1v) is 8.13. The fourth-order valence-electron chi connectivity index (χ4n) is 2.84. The summed E-state index contributed by atoms with van der Waals surface area (Å²) >= 11 is 0. The van der Waals surface area contributed by atoms with Gasteiger partial charge in [0.05, 0.1) is 0 Å². The van der Waals surface area contributed by atoms with Crippen molar-refractivity contribution in [1.29, 1.82) is 0 Å². The standard InChI is InChI=1S/C20H25NO2.ClH/c1-3-19(22)23-20(16(2)15-21,18-12-8-5-9-13-18)14-17-10-6-4-7-11-17;/h4-13,16H,3,14-15,21H2,1-2H3;1H. The second kappa shape index (κ2) is 9.45. The van der Waals surface area contributed by atoms with Crippen LogP contribution in [0.5, 0.6) is 0 Å². The van der Waals surface area contributed by atoms with Gasteiger partial charge in [-0.25, -0.2) is 0 Å². The summed E-state index contributed by atoms with van der Waals surface area (Å²) in [6, 6.07) is 20.0. The van der Waals surface area contributed by atoms with Crippen LogP contribution in [0.25, 0.3) is 0 Å². The molecule has 130 valence electrons. The third kappa shape index (κ3) is 4.59. The number of hydrogen-bond acceptors (Lipinski definition) is 3. The van der Waals surface area contributed by atoms with E-state index in [2.05, 4.69) is 12.1 Å². The summed E-state index contributed by atoms with van der Waals surface area (Å²) in [5, 5.41) is 0. The van der Waals surface area contributed by atoms with Crippen molar-refractivity contribution in [3.05, 3.63) is 71.8 Å². The summed E-state index contributed by atoms with van der Waals surface area (Å²) in [6.07, 6.45) is 0.961. The molecular weight excluding hydrogens is 322 g/mol. The maximum Gasteiger partial charge on any atom is 0.306 e. The van der Waals surface area contributed by atoms with Crippen molar-refractivity contribution in [2.45, 2.75) is 32.3 Å². The fraction of sp³-hybridized carbons (Fsp3) is 0.350. The van der Waals surface area contributed by atoms with Gasteiger partial charge in [-0.1, -0.05) is 74.5 Å². The van der Waals surface area contributed by atoms with Gasteiger partial charge in [-0.2, -0.15) is 0 Å². The molecule has 2 unspecified atom stereocenters. The number of nitrogens with two attached hydrogens (primary N) is 1. The van der Waals surface area contributed by atoms with E-state index in [-0.39, 0.29) is 24.3 Å². The van der Waals surface area contributed by atoms with Crippen LogP contribution in [0.3, 0.4) is 0 Å². The lowest BCUT2D eigenvalue weighted by Gasteiger charge is -2.39. The van der Waals surface area contributed by atoms with Crippen LogP contribution in [-0.4, -0.2) is 12.5 Å².